The van der Waals surface area contributed by atoms with Crippen LogP contribution < -0.4 is 0 Å². The minimum absolute atomic E-state index is 0. The van der Waals surface area contributed by atoms with E-state index >= 15 is 0 Å². The minimum atomic E-state index is 0. The fourth-order valence-corrected chi connectivity index (χ4v) is 0. The second-order valence-corrected chi connectivity index (χ2v) is 0.316. The monoisotopic (exact) mass is 204 g/mol. The molecular formula is C2H10BaO2. The maximum Gasteiger partial charge on any atom is 2.00 e. The zero-order chi connectivity index (χ0) is 2.71. The molecule has 0 fully saturated rings. The van der Waals surface area contributed by atoms with E-state index in [1.165, 1.54) is 0 Å². The molecule has 0 aromatic carbocycles. The predicted octanol–water partition coefficient (Wildman–Crippen LogP) is -0.982. The van der Waals surface area contributed by atoms with Gasteiger partial charge in [-0.3, -0.25) is 0 Å². The molecular weight excluding hydrogens is 193 g/mol. The largest absolute Gasteiger partial charge is 2.00 e. The van der Waals surface area contributed by atoms with Crippen molar-refractivity contribution in [3.63, 3.8) is 0 Å². The Hall–Kier alpha value is 1.49. The fraction of sp³-hybridized carbons (Fsp3) is 1.00. The van der Waals surface area contributed by atoms with E-state index in [9.17, 15) is 0 Å². The van der Waals surface area contributed by atoms with E-state index in [0.29, 0.717) is 0 Å². The molecule has 0 radical (unpaired) electrons. The summed E-state index contributed by atoms with van der Waals surface area (Å²) in [6, 6.07) is 0. The van der Waals surface area contributed by atoms with Crippen LogP contribution in [0.4, 0.5) is 0 Å². The van der Waals surface area contributed by atoms with Crippen molar-refractivity contribution in [2.24, 2.45) is 0 Å². The van der Waals surface area contributed by atoms with Gasteiger partial charge in [0.05, 0.1) is 0 Å². The molecule has 2 nitrogen and oxygen atoms in total. The van der Waals surface area contributed by atoms with E-state index in [4.69, 9.17) is 5.11 Å². The maximum atomic E-state index is 7.57. The summed E-state index contributed by atoms with van der Waals surface area (Å²) < 4.78 is 0. The molecule has 0 saturated heterocycles. The third-order valence-corrected chi connectivity index (χ3v) is 0. The van der Waals surface area contributed by atoms with E-state index in [-0.39, 0.29) is 63.8 Å². The molecule has 0 spiro atoms. The van der Waals surface area contributed by atoms with E-state index in [0.717, 1.165) is 0 Å². The van der Waals surface area contributed by atoms with Gasteiger partial charge in [-0.1, -0.05) is 0 Å². The summed E-state index contributed by atoms with van der Waals surface area (Å²) in [5.41, 5.74) is 0. The molecule has 0 aromatic rings. The van der Waals surface area contributed by atoms with Gasteiger partial charge in [0.2, 0.25) is 0 Å². The van der Waals surface area contributed by atoms with Gasteiger partial charge in [-0.25, -0.2) is 0 Å². The van der Waals surface area contributed by atoms with Crippen molar-refractivity contribution in [3.8, 4) is 0 Å². The Kier molecular flexibility index (Phi) is 57.3. The van der Waals surface area contributed by atoms with Crippen molar-refractivity contribution in [2.45, 2.75) is 6.92 Å². The van der Waals surface area contributed by atoms with Crippen LogP contribution in [0.25, 0.3) is 0 Å². The Bertz CT molecular complexity index is 13.7. The smallest absolute Gasteiger partial charge is 1.00 e. The van der Waals surface area contributed by atoms with Crippen LogP contribution in [0, 0.1) is 0 Å². The van der Waals surface area contributed by atoms with Crippen LogP contribution in [-0.4, -0.2) is 66.1 Å². The van der Waals surface area contributed by atoms with E-state index in [1.807, 2.05) is 0 Å². The number of hydrogen-bond acceptors (Lipinski definition) is 1. The maximum absolute atomic E-state index is 7.57. The number of rotatable bonds is 0. The van der Waals surface area contributed by atoms with E-state index in [2.05, 4.69) is 0 Å². The normalized spacial score (nSPS) is 3.60. The molecule has 32 valence electrons. The number of aliphatic hydroxyl groups is 1. The summed E-state index contributed by atoms with van der Waals surface area (Å²) in [7, 11) is 0. The van der Waals surface area contributed by atoms with Gasteiger partial charge in [-0.05, 0) is 6.92 Å². The molecule has 3 heteroatoms. The summed E-state index contributed by atoms with van der Waals surface area (Å²) in [6.45, 7) is 1.93. The quantitative estimate of drug-likeness (QED) is 0.506. The van der Waals surface area contributed by atoms with Crippen LogP contribution in [0.5, 0.6) is 0 Å². The molecule has 0 unspecified atom stereocenters. The predicted molar refractivity (Wildman–Crippen MR) is 24.4 cm³/mol. The number of aliphatic hydroxyl groups excluding tert-OH is 1. The van der Waals surface area contributed by atoms with Crippen LogP contribution >= 0.6 is 0 Å². The van der Waals surface area contributed by atoms with Crippen molar-refractivity contribution < 1.29 is 13.4 Å². The molecule has 0 atom stereocenters. The van der Waals surface area contributed by atoms with Gasteiger partial charge in [-0.2, -0.15) is 0 Å². The van der Waals surface area contributed by atoms with Crippen LogP contribution in [-0.2, 0) is 0 Å². The minimum Gasteiger partial charge on any atom is -1.00 e. The fourth-order valence-electron chi connectivity index (χ4n) is 0. The average Bonchev–Trinajstić information content (AvgIpc) is 0.918. The molecule has 0 bridgehead atoms. The number of hydrogen-bond donors (Lipinski definition) is 1. The van der Waals surface area contributed by atoms with E-state index < -0.39 is 0 Å². The Balaban J connectivity index is -0.00000000333. The summed E-state index contributed by atoms with van der Waals surface area (Å²) in [6.07, 6.45) is 0. The Labute approximate surface area is 74.9 Å². The van der Waals surface area contributed by atoms with Crippen LogP contribution in [0.2, 0.25) is 0 Å². The van der Waals surface area contributed by atoms with Crippen molar-refractivity contribution in [1.29, 1.82) is 0 Å². The second-order valence-electron chi connectivity index (χ2n) is 0.316. The van der Waals surface area contributed by atoms with Gasteiger partial charge in [-0.15, -0.1) is 0 Å². The average molecular weight is 203 g/mol. The Morgan fingerprint density at radius 3 is 1.80 bits per heavy atom. The van der Waals surface area contributed by atoms with Gasteiger partial charge < -0.3 is 13.4 Å². The van der Waals surface area contributed by atoms with Crippen LogP contribution in [0.15, 0.2) is 0 Å². The van der Waals surface area contributed by atoms with Crippen molar-refractivity contribution >= 4 is 48.9 Å². The Morgan fingerprint density at radius 2 is 1.80 bits per heavy atom. The first-order valence-electron chi connectivity index (χ1n) is 1.02. The molecule has 0 saturated carbocycles. The molecule has 3 N–H and O–H groups in total. The zero-order valence-corrected chi connectivity index (χ0v) is 7.80. The van der Waals surface area contributed by atoms with Crippen LogP contribution in [0.3, 0.4) is 0 Å². The van der Waals surface area contributed by atoms with Crippen molar-refractivity contribution in [1.82, 2.24) is 0 Å². The molecule has 0 aliphatic rings. The van der Waals surface area contributed by atoms with Crippen LogP contribution in [0.1, 0.15) is 9.78 Å². The summed E-state index contributed by atoms with van der Waals surface area (Å²) in [5.74, 6) is 0. The van der Waals surface area contributed by atoms with Crippen molar-refractivity contribution in [2.75, 3.05) is 6.61 Å². The van der Waals surface area contributed by atoms with Gasteiger partial charge in [0.15, 0.2) is 0 Å². The van der Waals surface area contributed by atoms with Gasteiger partial charge >= 0.3 is 48.9 Å². The first-order chi connectivity index (χ1) is 1.41. The summed E-state index contributed by atoms with van der Waals surface area (Å²) in [5, 5.41) is 7.57. The van der Waals surface area contributed by atoms with Gasteiger partial charge in [0.25, 0.3) is 0 Å². The molecule has 0 rings (SSSR count). The first kappa shape index (κ1) is 16.1. The van der Waals surface area contributed by atoms with Gasteiger partial charge in [0, 0.05) is 6.61 Å². The third kappa shape index (κ3) is 30.1. The Morgan fingerprint density at radius 1 is 1.80 bits per heavy atom. The SMILES string of the molecule is CCO.O.[Ba+2].[H-].[H-]. The zero-order valence-electron chi connectivity index (χ0n) is 5.36. The second kappa shape index (κ2) is 17.8. The summed E-state index contributed by atoms with van der Waals surface area (Å²) >= 11 is 0. The molecule has 0 heterocycles. The molecule has 5 heavy (non-hydrogen) atoms. The summed E-state index contributed by atoms with van der Waals surface area (Å²) in [4.78, 5) is 0. The third-order valence-electron chi connectivity index (χ3n) is 0. The standard InChI is InChI=1S/C2H6O.Ba.H2O.2H/c1-2-3;;;;/h3H,2H2,1H3;;1H2;;/q;+2;;2*-1. The topological polar surface area (TPSA) is 51.7 Å². The molecule has 0 aliphatic heterocycles. The van der Waals surface area contributed by atoms with E-state index in [1.54, 1.807) is 6.92 Å². The molecule has 0 aliphatic carbocycles. The molecule has 0 amide bonds. The van der Waals surface area contributed by atoms with Crippen molar-refractivity contribution in [3.05, 3.63) is 0 Å². The molecule has 0 aromatic heterocycles. The van der Waals surface area contributed by atoms with Gasteiger partial charge in [0.1, 0.15) is 0 Å². The first-order valence-corrected chi connectivity index (χ1v) is 1.02.